The van der Waals surface area contributed by atoms with E-state index in [4.69, 9.17) is 46.4 Å². The number of halogens is 4. The van der Waals surface area contributed by atoms with E-state index < -0.39 is 8.80 Å². The summed E-state index contributed by atoms with van der Waals surface area (Å²) >= 11 is 25.3. The van der Waals surface area contributed by atoms with Crippen molar-refractivity contribution in [1.82, 2.24) is 0 Å². The van der Waals surface area contributed by atoms with Crippen molar-refractivity contribution in [3.8, 4) is 0 Å². The standard InChI is InChI=1S/C15H28Cl4Si/c1-2-3-4-5-6-7-8-9-10-20-11-12(16)13(17)14(18)15(20)19/h12-15,20H,2-11H2,1H3. The fourth-order valence-electron chi connectivity index (χ4n) is 3.00. The molecule has 5 atom stereocenters. The van der Waals surface area contributed by atoms with Crippen LogP contribution >= 0.6 is 46.4 Å². The Kier molecular flexibility index (Phi) is 10.7. The quantitative estimate of drug-likeness (QED) is 0.250. The molecule has 1 rings (SSSR count). The molecule has 5 heteroatoms. The van der Waals surface area contributed by atoms with Crippen molar-refractivity contribution < 1.29 is 0 Å². The Labute approximate surface area is 146 Å². The summed E-state index contributed by atoms with van der Waals surface area (Å²) in [6.45, 7) is 2.26. The SMILES string of the molecule is CCCCCCCCCC[SiH]1CC(Cl)C(Cl)C(Cl)C1Cl. The molecule has 1 saturated heterocycles. The van der Waals surface area contributed by atoms with Crippen molar-refractivity contribution >= 4 is 55.2 Å². The Morgan fingerprint density at radius 3 is 1.95 bits per heavy atom. The predicted octanol–water partition coefficient (Wildman–Crippen LogP) is 6.34. The van der Waals surface area contributed by atoms with Crippen molar-refractivity contribution in [2.45, 2.75) is 91.5 Å². The Morgan fingerprint density at radius 2 is 1.35 bits per heavy atom. The van der Waals surface area contributed by atoms with E-state index in [-0.39, 0.29) is 21.1 Å². The minimum absolute atomic E-state index is 0.0277. The summed E-state index contributed by atoms with van der Waals surface area (Å²) in [6, 6.07) is 2.32. The number of unbranched alkanes of at least 4 members (excludes halogenated alkanes) is 7. The maximum Gasteiger partial charge on any atom is 0.0671 e. The van der Waals surface area contributed by atoms with Crippen molar-refractivity contribution in [3.05, 3.63) is 0 Å². The first kappa shape index (κ1) is 19.4. The van der Waals surface area contributed by atoms with Gasteiger partial charge in [0.1, 0.15) is 0 Å². The maximum absolute atomic E-state index is 6.48. The topological polar surface area (TPSA) is 0 Å². The average molecular weight is 378 g/mol. The van der Waals surface area contributed by atoms with Crippen LogP contribution in [0.25, 0.3) is 0 Å². The third-order valence-corrected chi connectivity index (χ3v) is 11.8. The summed E-state index contributed by atoms with van der Waals surface area (Å²) in [4.78, 5) is 0. The van der Waals surface area contributed by atoms with Gasteiger partial charge in [-0.15, -0.1) is 46.4 Å². The van der Waals surface area contributed by atoms with Crippen molar-refractivity contribution in [1.29, 1.82) is 0 Å². The summed E-state index contributed by atoms with van der Waals surface area (Å²) in [6.07, 6.45) is 10.9. The van der Waals surface area contributed by atoms with Crippen molar-refractivity contribution in [2.75, 3.05) is 0 Å². The molecule has 0 bridgehead atoms. The molecule has 1 aliphatic heterocycles. The summed E-state index contributed by atoms with van der Waals surface area (Å²) in [5.74, 6) is 0. The van der Waals surface area contributed by atoms with Gasteiger partial charge in [-0.05, 0) is 6.04 Å². The van der Waals surface area contributed by atoms with Gasteiger partial charge >= 0.3 is 0 Å². The van der Waals surface area contributed by atoms with Gasteiger partial charge < -0.3 is 0 Å². The molecule has 1 aliphatic rings. The summed E-state index contributed by atoms with van der Waals surface area (Å²) in [5, 5.41) is -0.165. The Bertz CT molecular complexity index is 252. The molecule has 1 heterocycles. The van der Waals surface area contributed by atoms with Gasteiger partial charge in [0, 0.05) is 10.4 Å². The minimum atomic E-state index is -1.03. The van der Waals surface area contributed by atoms with Gasteiger partial charge in [-0.1, -0.05) is 64.3 Å². The van der Waals surface area contributed by atoms with Crippen LogP contribution in [0.5, 0.6) is 0 Å². The van der Waals surface area contributed by atoms with Crippen LogP contribution in [0.1, 0.15) is 58.3 Å². The molecule has 0 aromatic carbocycles. The molecule has 120 valence electrons. The Balaban J connectivity index is 2.09. The second-order valence-corrected chi connectivity index (χ2v) is 11.9. The summed E-state index contributed by atoms with van der Waals surface area (Å²) in [5.41, 5.74) is 0. The molecule has 0 nitrogen and oxygen atoms in total. The van der Waals surface area contributed by atoms with Gasteiger partial charge in [0.15, 0.2) is 0 Å². The Hall–Kier alpha value is 1.38. The van der Waals surface area contributed by atoms with Gasteiger partial charge in [-0.2, -0.15) is 0 Å². The number of alkyl halides is 4. The van der Waals surface area contributed by atoms with Crippen LogP contribution in [-0.2, 0) is 0 Å². The fourth-order valence-corrected chi connectivity index (χ4v) is 9.46. The summed E-state index contributed by atoms with van der Waals surface area (Å²) < 4.78 is 0. The molecule has 5 unspecified atom stereocenters. The molecule has 0 spiro atoms. The molecule has 1 fully saturated rings. The van der Waals surface area contributed by atoms with E-state index >= 15 is 0 Å². The highest BCUT2D eigenvalue weighted by molar-refractivity contribution is 6.73. The molecule has 0 saturated carbocycles. The lowest BCUT2D eigenvalue weighted by Crippen LogP contribution is -2.48. The van der Waals surface area contributed by atoms with Crippen LogP contribution in [0.15, 0.2) is 0 Å². The van der Waals surface area contributed by atoms with Crippen molar-refractivity contribution in [3.63, 3.8) is 0 Å². The van der Waals surface area contributed by atoms with Crippen LogP contribution in [0.3, 0.4) is 0 Å². The predicted molar refractivity (Wildman–Crippen MR) is 97.9 cm³/mol. The van der Waals surface area contributed by atoms with Crippen LogP contribution < -0.4 is 0 Å². The highest BCUT2D eigenvalue weighted by atomic mass is 35.5. The van der Waals surface area contributed by atoms with Gasteiger partial charge in [-0.3, -0.25) is 0 Å². The number of hydrogen-bond donors (Lipinski definition) is 0. The Morgan fingerprint density at radius 1 is 0.800 bits per heavy atom. The lowest BCUT2D eigenvalue weighted by Gasteiger charge is -2.36. The highest BCUT2D eigenvalue weighted by Gasteiger charge is 2.41. The molecule has 0 aliphatic carbocycles. The van der Waals surface area contributed by atoms with E-state index in [0.717, 1.165) is 6.04 Å². The molecular weight excluding hydrogens is 350 g/mol. The van der Waals surface area contributed by atoms with Crippen LogP contribution in [-0.4, -0.2) is 29.9 Å². The largest absolute Gasteiger partial charge is 0.125 e. The molecule has 20 heavy (non-hydrogen) atoms. The lowest BCUT2D eigenvalue weighted by atomic mass is 10.1. The van der Waals surface area contributed by atoms with Gasteiger partial charge in [0.25, 0.3) is 0 Å². The smallest absolute Gasteiger partial charge is 0.0671 e. The molecular formula is C15H28Cl4Si. The van der Waals surface area contributed by atoms with E-state index in [1.165, 1.54) is 57.4 Å². The maximum atomic E-state index is 6.48. The van der Waals surface area contributed by atoms with E-state index in [9.17, 15) is 0 Å². The average Bonchev–Trinajstić information content (AvgIpc) is 2.44. The zero-order valence-corrected chi connectivity index (χ0v) is 16.6. The van der Waals surface area contributed by atoms with Crippen LogP contribution in [0.4, 0.5) is 0 Å². The van der Waals surface area contributed by atoms with E-state index in [2.05, 4.69) is 6.92 Å². The van der Waals surface area contributed by atoms with Crippen LogP contribution in [0, 0.1) is 0 Å². The highest BCUT2D eigenvalue weighted by Crippen LogP contribution is 2.36. The molecule has 0 aromatic rings. The first-order valence-electron chi connectivity index (χ1n) is 8.14. The lowest BCUT2D eigenvalue weighted by molar-refractivity contribution is 0.583. The first-order chi connectivity index (χ1) is 9.57. The minimum Gasteiger partial charge on any atom is -0.125 e. The molecule has 0 aromatic heterocycles. The second kappa shape index (κ2) is 11.0. The van der Waals surface area contributed by atoms with Gasteiger partial charge in [0.05, 0.1) is 19.6 Å². The number of hydrogen-bond acceptors (Lipinski definition) is 0. The van der Waals surface area contributed by atoms with Crippen molar-refractivity contribution in [2.24, 2.45) is 0 Å². The zero-order chi connectivity index (χ0) is 15.0. The monoisotopic (exact) mass is 376 g/mol. The third-order valence-electron chi connectivity index (χ3n) is 4.36. The van der Waals surface area contributed by atoms with Gasteiger partial charge in [0.2, 0.25) is 0 Å². The fraction of sp³-hybridized carbons (Fsp3) is 1.00. The number of rotatable bonds is 9. The second-order valence-electron chi connectivity index (χ2n) is 6.11. The normalized spacial score (nSPS) is 34.4. The van der Waals surface area contributed by atoms with E-state index in [1.54, 1.807) is 0 Å². The zero-order valence-electron chi connectivity index (χ0n) is 12.5. The molecule has 0 N–H and O–H groups in total. The van der Waals surface area contributed by atoms with E-state index in [0.29, 0.717) is 0 Å². The van der Waals surface area contributed by atoms with E-state index in [1.807, 2.05) is 0 Å². The first-order valence-corrected chi connectivity index (χ1v) is 12.2. The third kappa shape index (κ3) is 6.65. The molecule has 0 radical (unpaired) electrons. The van der Waals surface area contributed by atoms with Crippen LogP contribution in [0.2, 0.25) is 12.1 Å². The molecule has 0 amide bonds. The summed E-state index contributed by atoms with van der Waals surface area (Å²) in [7, 11) is -1.03. The van der Waals surface area contributed by atoms with Gasteiger partial charge in [-0.25, -0.2) is 0 Å².